The Bertz CT molecular complexity index is 667. The molecular weight excluding hydrogens is 312 g/mol. The molecule has 0 aliphatic heterocycles. The molecule has 1 aliphatic carbocycles. The molecule has 1 fully saturated rings. The molecule has 0 spiro atoms. The van der Waals surface area contributed by atoms with Gasteiger partial charge in [-0.15, -0.1) is 5.10 Å². The van der Waals surface area contributed by atoms with E-state index in [2.05, 4.69) is 25.8 Å². The number of thioether (sulfide) groups is 1. The quantitative estimate of drug-likeness (QED) is 0.847. The van der Waals surface area contributed by atoms with Crippen molar-refractivity contribution in [2.24, 2.45) is 0 Å². The van der Waals surface area contributed by atoms with Crippen LogP contribution in [0.3, 0.4) is 0 Å². The van der Waals surface area contributed by atoms with E-state index in [-0.39, 0.29) is 11.7 Å². The predicted molar refractivity (Wildman–Crippen MR) is 88.3 cm³/mol. The molecule has 0 radical (unpaired) electrons. The Labute approximate surface area is 139 Å². The standard InChI is InChI=1S/C15H20N6OS/c1-11-6-5-9-13(16-11)17-14(22)10-23-15-18-19-20-21(15)12-7-3-2-4-8-12/h5-6,9,12H,2-4,7-8,10H2,1H3,(H,16,17,22). The van der Waals surface area contributed by atoms with Crippen LogP contribution in [-0.4, -0.2) is 36.9 Å². The summed E-state index contributed by atoms with van der Waals surface area (Å²) in [5.41, 5.74) is 0.872. The number of hydrogen-bond acceptors (Lipinski definition) is 6. The topological polar surface area (TPSA) is 85.6 Å². The van der Waals surface area contributed by atoms with Gasteiger partial charge in [-0.05, 0) is 42.3 Å². The van der Waals surface area contributed by atoms with E-state index in [0.29, 0.717) is 17.0 Å². The number of rotatable bonds is 5. The molecule has 8 heteroatoms. The summed E-state index contributed by atoms with van der Waals surface area (Å²) in [7, 11) is 0. The summed E-state index contributed by atoms with van der Waals surface area (Å²) < 4.78 is 1.88. The smallest absolute Gasteiger partial charge is 0.236 e. The molecule has 3 rings (SSSR count). The fourth-order valence-corrected chi connectivity index (χ4v) is 3.50. The van der Waals surface area contributed by atoms with Crippen LogP contribution < -0.4 is 5.32 Å². The number of anilines is 1. The molecular formula is C15H20N6OS. The normalized spacial score (nSPS) is 15.5. The van der Waals surface area contributed by atoms with Crippen LogP contribution in [0.15, 0.2) is 23.4 Å². The molecule has 0 atom stereocenters. The Hall–Kier alpha value is -1.96. The Balaban J connectivity index is 1.56. The number of amides is 1. The van der Waals surface area contributed by atoms with Gasteiger partial charge in [-0.25, -0.2) is 9.67 Å². The molecule has 2 heterocycles. The van der Waals surface area contributed by atoms with E-state index >= 15 is 0 Å². The van der Waals surface area contributed by atoms with Crippen molar-refractivity contribution >= 4 is 23.5 Å². The van der Waals surface area contributed by atoms with E-state index in [0.717, 1.165) is 18.5 Å². The lowest BCUT2D eigenvalue weighted by atomic mass is 9.96. The Kier molecular flexibility index (Phi) is 5.22. The first-order valence-corrected chi connectivity index (χ1v) is 8.85. The van der Waals surface area contributed by atoms with E-state index in [4.69, 9.17) is 0 Å². The van der Waals surface area contributed by atoms with E-state index in [1.54, 1.807) is 6.07 Å². The second kappa shape index (κ2) is 7.54. The van der Waals surface area contributed by atoms with Crippen LogP contribution in [0.4, 0.5) is 5.82 Å². The van der Waals surface area contributed by atoms with Gasteiger partial charge < -0.3 is 5.32 Å². The summed E-state index contributed by atoms with van der Waals surface area (Å²) in [6.45, 7) is 1.89. The summed E-state index contributed by atoms with van der Waals surface area (Å²) in [6.07, 6.45) is 5.94. The summed E-state index contributed by atoms with van der Waals surface area (Å²) in [5.74, 6) is 0.733. The van der Waals surface area contributed by atoms with Crippen LogP contribution >= 0.6 is 11.8 Å². The van der Waals surface area contributed by atoms with Gasteiger partial charge in [0.1, 0.15) is 5.82 Å². The molecule has 0 unspecified atom stereocenters. The van der Waals surface area contributed by atoms with Crippen LogP contribution in [0.1, 0.15) is 43.8 Å². The third kappa shape index (κ3) is 4.28. The largest absolute Gasteiger partial charge is 0.310 e. The lowest BCUT2D eigenvalue weighted by molar-refractivity contribution is -0.113. The van der Waals surface area contributed by atoms with E-state index in [1.165, 1.54) is 31.0 Å². The molecule has 0 bridgehead atoms. The van der Waals surface area contributed by atoms with Gasteiger partial charge in [0.2, 0.25) is 11.1 Å². The van der Waals surface area contributed by atoms with E-state index in [9.17, 15) is 4.79 Å². The summed E-state index contributed by atoms with van der Waals surface area (Å²) in [4.78, 5) is 16.3. The summed E-state index contributed by atoms with van der Waals surface area (Å²) in [6, 6.07) is 5.90. The highest BCUT2D eigenvalue weighted by molar-refractivity contribution is 7.99. The number of carbonyl (C=O) groups is 1. The number of hydrogen-bond donors (Lipinski definition) is 1. The highest BCUT2D eigenvalue weighted by Gasteiger charge is 2.20. The number of nitrogens with zero attached hydrogens (tertiary/aromatic N) is 5. The van der Waals surface area contributed by atoms with E-state index < -0.39 is 0 Å². The minimum Gasteiger partial charge on any atom is -0.310 e. The summed E-state index contributed by atoms with van der Waals surface area (Å²) in [5, 5.41) is 15.4. The third-order valence-corrected chi connectivity index (χ3v) is 4.80. The van der Waals surface area contributed by atoms with Gasteiger partial charge in [0.05, 0.1) is 11.8 Å². The number of aromatic nitrogens is 5. The molecule has 1 amide bonds. The SMILES string of the molecule is Cc1cccc(NC(=O)CSc2nnnn2C2CCCCC2)n1. The molecule has 1 aliphatic rings. The average molecular weight is 332 g/mol. The first kappa shape index (κ1) is 15.9. The Morgan fingerprint density at radius 2 is 2.17 bits per heavy atom. The van der Waals surface area contributed by atoms with Crippen LogP contribution in [0.5, 0.6) is 0 Å². The Morgan fingerprint density at radius 3 is 2.96 bits per heavy atom. The Morgan fingerprint density at radius 1 is 1.35 bits per heavy atom. The monoisotopic (exact) mass is 332 g/mol. The van der Waals surface area contributed by atoms with Gasteiger partial charge in [0.15, 0.2) is 0 Å². The van der Waals surface area contributed by atoms with Crippen LogP contribution in [0.2, 0.25) is 0 Å². The number of pyridine rings is 1. The molecule has 23 heavy (non-hydrogen) atoms. The molecule has 2 aromatic heterocycles. The average Bonchev–Trinajstić information content (AvgIpc) is 3.02. The third-order valence-electron chi connectivity index (χ3n) is 3.87. The van der Waals surface area contributed by atoms with Gasteiger partial charge in [0, 0.05) is 5.69 Å². The second-order valence-electron chi connectivity index (χ2n) is 5.70. The predicted octanol–water partition coefficient (Wildman–Crippen LogP) is 2.61. The van der Waals surface area contributed by atoms with Crippen molar-refractivity contribution < 1.29 is 4.79 Å². The molecule has 0 aromatic carbocycles. The first-order valence-electron chi connectivity index (χ1n) is 7.86. The number of tetrazole rings is 1. The minimum absolute atomic E-state index is 0.105. The molecule has 1 N–H and O–H groups in total. The van der Waals surface area contributed by atoms with Crippen molar-refractivity contribution in [3.05, 3.63) is 23.9 Å². The molecule has 122 valence electrons. The van der Waals surface area contributed by atoms with Crippen molar-refractivity contribution in [2.75, 3.05) is 11.1 Å². The first-order chi connectivity index (χ1) is 11.2. The fourth-order valence-electron chi connectivity index (χ4n) is 2.76. The number of carbonyl (C=O) groups excluding carboxylic acids is 1. The van der Waals surface area contributed by atoms with Gasteiger partial charge in [-0.2, -0.15) is 0 Å². The fraction of sp³-hybridized carbons (Fsp3) is 0.533. The number of nitrogens with one attached hydrogen (secondary N) is 1. The molecule has 7 nitrogen and oxygen atoms in total. The van der Waals surface area contributed by atoms with Crippen molar-refractivity contribution in [3.63, 3.8) is 0 Å². The van der Waals surface area contributed by atoms with E-state index in [1.807, 2.05) is 23.7 Å². The highest BCUT2D eigenvalue weighted by atomic mass is 32.2. The van der Waals surface area contributed by atoms with Gasteiger partial charge >= 0.3 is 0 Å². The van der Waals surface area contributed by atoms with Crippen molar-refractivity contribution in [3.8, 4) is 0 Å². The highest BCUT2D eigenvalue weighted by Crippen LogP contribution is 2.30. The van der Waals surface area contributed by atoms with Crippen LogP contribution in [0.25, 0.3) is 0 Å². The lowest BCUT2D eigenvalue weighted by Gasteiger charge is -2.21. The zero-order chi connectivity index (χ0) is 16.1. The summed E-state index contributed by atoms with van der Waals surface area (Å²) >= 11 is 1.37. The maximum Gasteiger partial charge on any atom is 0.236 e. The second-order valence-corrected chi connectivity index (χ2v) is 6.64. The maximum atomic E-state index is 12.1. The number of aryl methyl sites for hydroxylation is 1. The molecule has 1 saturated carbocycles. The molecule has 2 aromatic rings. The van der Waals surface area contributed by atoms with Gasteiger partial charge in [-0.1, -0.05) is 37.1 Å². The zero-order valence-corrected chi connectivity index (χ0v) is 13.9. The van der Waals surface area contributed by atoms with Crippen molar-refractivity contribution in [1.82, 2.24) is 25.2 Å². The lowest BCUT2D eigenvalue weighted by Crippen LogP contribution is -2.18. The molecule has 0 saturated heterocycles. The van der Waals surface area contributed by atoms with Gasteiger partial charge in [-0.3, -0.25) is 4.79 Å². The zero-order valence-electron chi connectivity index (χ0n) is 13.1. The van der Waals surface area contributed by atoms with Crippen LogP contribution in [-0.2, 0) is 4.79 Å². The van der Waals surface area contributed by atoms with Gasteiger partial charge in [0.25, 0.3) is 0 Å². The maximum absolute atomic E-state index is 12.1. The minimum atomic E-state index is -0.105. The van der Waals surface area contributed by atoms with Crippen LogP contribution in [0, 0.1) is 6.92 Å². The van der Waals surface area contributed by atoms with Crippen molar-refractivity contribution in [2.45, 2.75) is 50.2 Å². The van der Waals surface area contributed by atoms with Crippen molar-refractivity contribution in [1.29, 1.82) is 0 Å².